The first kappa shape index (κ1) is 18.3. The Hall–Kier alpha value is -1.02. The minimum absolute atomic E-state index is 0.0349. The van der Waals surface area contributed by atoms with Gasteiger partial charge in [0.05, 0.1) is 34.1 Å². The Bertz CT molecular complexity index is 1030. The SMILES string of the molecule is Cc1c(F)cc2c3c(c(=O)n(I)c2c1F)NC(=O)C1CN(I)C(C)CN31. The average molecular weight is 586 g/mol. The number of fused-ring (bicyclic) bond motifs is 5. The van der Waals surface area contributed by atoms with Gasteiger partial charge in [-0.3, -0.25) is 9.59 Å². The first-order chi connectivity index (χ1) is 12.2. The van der Waals surface area contributed by atoms with Crippen LogP contribution in [0.15, 0.2) is 10.9 Å². The van der Waals surface area contributed by atoms with E-state index in [1.807, 2.05) is 14.9 Å². The average Bonchev–Trinajstić information content (AvgIpc) is 2.59. The molecule has 2 aliphatic heterocycles. The lowest BCUT2D eigenvalue weighted by molar-refractivity contribution is -0.118. The second-order valence-corrected chi connectivity index (χ2v) is 8.80. The minimum Gasteiger partial charge on any atom is -0.354 e. The molecule has 3 heterocycles. The lowest BCUT2D eigenvalue weighted by Crippen LogP contribution is -2.61. The molecule has 2 atom stereocenters. The summed E-state index contributed by atoms with van der Waals surface area (Å²) >= 11 is 3.85. The molecule has 4 rings (SSSR count). The van der Waals surface area contributed by atoms with Crippen LogP contribution in [0.25, 0.3) is 10.9 Å². The molecule has 1 fully saturated rings. The quantitative estimate of drug-likeness (QED) is 0.382. The van der Waals surface area contributed by atoms with Gasteiger partial charge in [-0.2, -0.15) is 0 Å². The molecule has 1 aromatic heterocycles. The molecule has 2 unspecified atom stereocenters. The summed E-state index contributed by atoms with van der Waals surface area (Å²) in [6.07, 6.45) is 0. The molecule has 0 spiro atoms. The van der Waals surface area contributed by atoms with Crippen molar-refractivity contribution >= 4 is 73.9 Å². The van der Waals surface area contributed by atoms with E-state index in [2.05, 4.69) is 28.2 Å². The molecule has 1 aromatic carbocycles. The van der Waals surface area contributed by atoms with Gasteiger partial charge < -0.3 is 10.2 Å². The highest BCUT2D eigenvalue weighted by Crippen LogP contribution is 2.41. The van der Waals surface area contributed by atoms with Crippen LogP contribution in [-0.4, -0.2) is 37.0 Å². The maximum atomic E-state index is 14.8. The first-order valence-electron chi connectivity index (χ1n) is 7.95. The van der Waals surface area contributed by atoms with Gasteiger partial charge in [-0.15, -0.1) is 0 Å². The summed E-state index contributed by atoms with van der Waals surface area (Å²) in [7, 11) is 0. The number of amides is 1. The maximum absolute atomic E-state index is 14.8. The van der Waals surface area contributed by atoms with Crippen LogP contribution in [0.2, 0.25) is 0 Å². The number of piperazine rings is 1. The van der Waals surface area contributed by atoms with E-state index in [9.17, 15) is 18.4 Å². The van der Waals surface area contributed by atoms with Crippen LogP contribution in [0.4, 0.5) is 20.2 Å². The summed E-state index contributed by atoms with van der Waals surface area (Å²) in [5, 5.41) is 2.94. The van der Waals surface area contributed by atoms with Gasteiger partial charge in [0.15, 0.2) is 5.82 Å². The number of aromatic nitrogens is 1. The molecule has 26 heavy (non-hydrogen) atoms. The van der Waals surface area contributed by atoms with Crippen LogP contribution in [0.3, 0.4) is 0 Å². The fourth-order valence-electron chi connectivity index (χ4n) is 3.55. The number of anilines is 2. The van der Waals surface area contributed by atoms with E-state index < -0.39 is 23.2 Å². The van der Waals surface area contributed by atoms with E-state index in [-0.39, 0.29) is 34.1 Å². The number of halogens is 4. The van der Waals surface area contributed by atoms with Gasteiger partial charge in [0.2, 0.25) is 5.91 Å². The molecule has 0 radical (unpaired) electrons. The highest BCUT2D eigenvalue weighted by atomic mass is 127. The highest BCUT2D eigenvalue weighted by Gasteiger charge is 2.42. The topological polar surface area (TPSA) is 57.6 Å². The number of nitrogens with one attached hydrogen (secondary N) is 1. The molecule has 6 nitrogen and oxygen atoms in total. The Morgan fingerprint density at radius 1 is 1.23 bits per heavy atom. The summed E-state index contributed by atoms with van der Waals surface area (Å²) < 4.78 is 32.2. The zero-order chi connectivity index (χ0) is 18.9. The summed E-state index contributed by atoms with van der Waals surface area (Å²) in [6, 6.07) is 0.843. The molecule has 0 aliphatic carbocycles. The second-order valence-electron chi connectivity index (χ2n) is 6.59. The molecule has 1 N–H and O–H groups in total. The third-order valence-electron chi connectivity index (χ3n) is 5.00. The van der Waals surface area contributed by atoms with Crippen molar-refractivity contribution in [3.63, 3.8) is 0 Å². The molecule has 138 valence electrons. The number of hydrogen-bond acceptors (Lipinski definition) is 4. The zero-order valence-corrected chi connectivity index (χ0v) is 18.1. The minimum atomic E-state index is -0.761. The molecule has 1 amide bonds. The summed E-state index contributed by atoms with van der Waals surface area (Å²) in [4.78, 5) is 27.1. The monoisotopic (exact) mass is 586 g/mol. The van der Waals surface area contributed by atoms with Crippen LogP contribution in [-0.2, 0) is 4.79 Å². The van der Waals surface area contributed by atoms with Crippen molar-refractivity contribution in [1.29, 1.82) is 0 Å². The number of pyridine rings is 1. The third kappa shape index (κ3) is 2.47. The van der Waals surface area contributed by atoms with E-state index in [1.54, 1.807) is 22.9 Å². The van der Waals surface area contributed by atoms with Crippen molar-refractivity contribution in [2.75, 3.05) is 23.3 Å². The van der Waals surface area contributed by atoms with Crippen molar-refractivity contribution in [1.82, 2.24) is 5.89 Å². The fraction of sp³-hybridized carbons (Fsp3) is 0.375. The Morgan fingerprint density at radius 2 is 1.92 bits per heavy atom. The predicted molar refractivity (Wildman–Crippen MR) is 112 cm³/mol. The second kappa shape index (κ2) is 6.26. The van der Waals surface area contributed by atoms with Gasteiger partial charge in [0.1, 0.15) is 17.5 Å². The largest absolute Gasteiger partial charge is 0.354 e. The molecule has 10 heteroatoms. The standard InChI is InChI=1S/C16H14F2I2N4O2/c1-6-4-22-10(5-23(6)19)15(25)21-12-14(22)8-3-9(17)7(2)11(18)13(8)24(20)16(12)26/h3,6,10H,4-5H2,1-2H3,(H,21,25). The van der Waals surface area contributed by atoms with Crippen LogP contribution in [0, 0.1) is 18.6 Å². The number of carbonyl (C=O) groups excluding carboxylic acids is 1. The van der Waals surface area contributed by atoms with E-state index in [0.717, 1.165) is 2.78 Å². The number of nitrogens with zero attached hydrogens (tertiary/aromatic N) is 3. The summed E-state index contributed by atoms with van der Waals surface area (Å²) in [6.45, 7) is 4.28. The lowest BCUT2D eigenvalue weighted by atomic mass is 10.00. The van der Waals surface area contributed by atoms with E-state index >= 15 is 0 Å². The van der Waals surface area contributed by atoms with Crippen LogP contribution in [0.1, 0.15) is 12.5 Å². The van der Waals surface area contributed by atoms with Crippen molar-refractivity contribution in [3.05, 3.63) is 33.6 Å². The fourth-order valence-corrected chi connectivity index (χ4v) is 4.81. The van der Waals surface area contributed by atoms with Crippen molar-refractivity contribution in [2.45, 2.75) is 25.9 Å². The number of carbonyl (C=O) groups is 1. The van der Waals surface area contributed by atoms with Crippen LogP contribution >= 0.6 is 45.7 Å². The molecule has 2 aliphatic rings. The van der Waals surface area contributed by atoms with E-state index in [4.69, 9.17) is 0 Å². The Balaban J connectivity index is 2.10. The molecule has 0 saturated carbocycles. The van der Waals surface area contributed by atoms with Crippen molar-refractivity contribution in [2.24, 2.45) is 0 Å². The highest BCUT2D eigenvalue weighted by molar-refractivity contribution is 14.1. The number of benzene rings is 1. The normalized spacial score (nSPS) is 23.0. The summed E-state index contributed by atoms with van der Waals surface area (Å²) in [5.41, 5.74) is -0.146. The van der Waals surface area contributed by atoms with Gasteiger partial charge in [-0.1, -0.05) is 0 Å². The van der Waals surface area contributed by atoms with Crippen molar-refractivity contribution in [3.8, 4) is 0 Å². The number of hydrogen-bond donors (Lipinski definition) is 1. The van der Waals surface area contributed by atoms with Gasteiger partial charge in [-0.05, 0) is 19.9 Å². The van der Waals surface area contributed by atoms with Gasteiger partial charge in [0.25, 0.3) is 5.56 Å². The Morgan fingerprint density at radius 3 is 2.62 bits per heavy atom. The van der Waals surface area contributed by atoms with E-state index in [0.29, 0.717) is 18.8 Å². The van der Waals surface area contributed by atoms with Crippen molar-refractivity contribution < 1.29 is 13.6 Å². The first-order valence-corrected chi connectivity index (χ1v) is 9.88. The van der Waals surface area contributed by atoms with Gasteiger partial charge in [0, 0.05) is 52.9 Å². The van der Waals surface area contributed by atoms with Gasteiger partial charge >= 0.3 is 0 Å². The zero-order valence-electron chi connectivity index (χ0n) is 13.8. The Kier molecular flexibility index (Phi) is 4.42. The lowest BCUT2D eigenvalue weighted by Gasteiger charge is -2.46. The van der Waals surface area contributed by atoms with Crippen LogP contribution in [0.5, 0.6) is 0 Å². The summed E-state index contributed by atoms with van der Waals surface area (Å²) in [5.74, 6) is -1.73. The molecule has 2 aromatic rings. The number of rotatable bonds is 0. The Labute approximate surface area is 175 Å². The van der Waals surface area contributed by atoms with Crippen LogP contribution < -0.4 is 15.8 Å². The van der Waals surface area contributed by atoms with Gasteiger partial charge in [-0.25, -0.2) is 14.7 Å². The smallest absolute Gasteiger partial charge is 0.285 e. The molecular formula is C16H14F2I2N4O2. The van der Waals surface area contributed by atoms with E-state index in [1.165, 1.54) is 13.0 Å². The molecule has 1 saturated heterocycles. The third-order valence-corrected chi connectivity index (χ3v) is 7.27. The predicted octanol–water partition coefficient (Wildman–Crippen LogP) is 2.97. The molecule has 0 bridgehead atoms. The maximum Gasteiger partial charge on any atom is 0.285 e. The molecular weight excluding hydrogens is 572 g/mol.